The van der Waals surface area contributed by atoms with Crippen molar-refractivity contribution in [2.45, 2.75) is 69.1 Å². The maximum atomic E-state index is 13.2. The highest BCUT2D eigenvalue weighted by atomic mass is 16.4. The Bertz CT molecular complexity index is 1060. The first-order chi connectivity index (χ1) is 18.8. The number of aliphatic carboxylic acids is 3. The number of amides is 3. The number of carboxylic acids is 3. The topological polar surface area (TPSA) is 318 Å². The maximum absolute atomic E-state index is 13.2. The summed E-state index contributed by atoms with van der Waals surface area (Å²) in [5.74, 6) is -6.71. The van der Waals surface area contributed by atoms with Crippen LogP contribution < -0.4 is 33.2 Å². The van der Waals surface area contributed by atoms with E-state index in [1.54, 1.807) is 0 Å². The van der Waals surface area contributed by atoms with Crippen molar-refractivity contribution in [3.05, 3.63) is 18.2 Å². The lowest BCUT2D eigenvalue weighted by molar-refractivity contribution is -0.143. The zero-order chi connectivity index (χ0) is 30.2. The Morgan fingerprint density at radius 1 is 0.850 bits per heavy atom. The highest BCUT2D eigenvalue weighted by molar-refractivity contribution is 5.94. The van der Waals surface area contributed by atoms with Gasteiger partial charge in [0.05, 0.1) is 12.4 Å². The summed E-state index contributed by atoms with van der Waals surface area (Å²) in [4.78, 5) is 82.6. The van der Waals surface area contributed by atoms with Gasteiger partial charge in [0.25, 0.3) is 0 Å². The molecule has 3 amide bonds. The molecule has 0 radical (unpaired) electrons. The molecule has 18 heteroatoms. The van der Waals surface area contributed by atoms with Gasteiger partial charge in [0.1, 0.15) is 18.1 Å². The Morgan fingerprint density at radius 3 is 1.98 bits per heavy atom. The molecule has 0 aliphatic carbocycles. The molecule has 18 nitrogen and oxygen atoms in total. The summed E-state index contributed by atoms with van der Waals surface area (Å²) >= 11 is 0. The molecule has 0 aliphatic rings. The zero-order valence-corrected chi connectivity index (χ0v) is 21.5. The van der Waals surface area contributed by atoms with Gasteiger partial charge in [0.15, 0.2) is 5.96 Å². The standard InChI is InChI=1S/C22H35N9O9/c23-12(3-5-16(32)33)18(36)31-15(8-11-9-26-10-28-11)20(38)29-13(4-6-17(34)35)19(37)30-14(21(39)40)2-1-7-27-22(24)25/h9-10,12-15H,1-8,23H2,(H,26,28)(H,29,38)(H,30,37)(H,31,36)(H,32,33)(H,34,35)(H,39,40)(H4,24,25,27). The number of aliphatic imine (C=N–C) groups is 1. The minimum atomic E-state index is -1.48. The fourth-order valence-electron chi connectivity index (χ4n) is 3.36. The van der Waals surface area contributed by atoms with Gasteiger partial charge in [-0.25, -0.2) is 9.78 Å². The first kappa shape index (κ1) is 33.3. The van der Waals surface area contributed by atoms with Gasteiger partial charge in [-0.3, -0.25) is 29.0 Å². The molecule has 1 aromatic heterocycles. The number of rotatable bonds is 19. The minimum Gasteiger partial charge on any atom is -0.481 e. The van der Waals surface area contributed by atoms with Crippen LogP contribution in [0, 0.1) is 0 Å². The van der Waals surface area contributed by atoms with E-state index in [1.165, 1.54) is 12.5 Å². The predicted octanol–water partition coefficient (Wildman–Crippen LogP) is -3.40. The van der Waals surface area contributed by atoms with E-state index in [-0.39, 0.29) is 44.6 Å². The quantitative estimate of drug-likeness (QED) is 0.0441. The molecular formula is C22H35N9O9. The van der Waals surface area contributed by atoms with Crippen LogP contribution in [0.3, 0.4) is 0 Å². The van der Waals surface area contributed by atoms with Crippen molar-refractivity contribution in [2.24, 2.45) is 22.2 Å². The van der Waals surface area contributed by atoms with Gasteiger partial charge in [-0.15, -0.1) is 0 Å². The molecule has 4 atom stereocenters. The second-order valence-electron chi connectivity index (χ2n) is 8.72. The molecule has 40 heavy (non-hydrogen) atoms. The summed E-state index contributed by atoms with van der Waals surface area (Å²) in [5, 5.41) is 34.4. The Balaban J connectivity index is 3.04. The number of guanidine groups is 1. The van der Waals surface area contributed by atoms with Crippen LogP contribution in [0.2, 0.25) is 0 Å². The van der Waals surface area contributed by atoms with Crippen molar-refractivity contribution >= 4 is 41.6 Å². The van der Waals surface area contributed by atoms with Crippen LogP contribution in [-0.4, -0.2) is 97.6 Å². The lowest BCUT2D eigenvalue weighted by atomic mass is 10.1. The second-order valence-corrected chi connectivity index (χ2v) is 8.72. The number of carbonyl (C=O) groups is 6. The number of carboxylic acid groups (broad SMARTS) is 3. The molecule has 1 rings (SSSR count). The van der Waals surface area contributed by atoms with Crippen LogP contribution in [0.25, 0.3) is 0 Å². The van der Waals surface area contributed by atoms with E-state index in [0.717, 1.165) is 0 Å². The molecule has 0 spiro atoms. The minimum absolute atomic E-state index is 0.0653. The molecule has 13 N–H and O–H groups in total. The average molecular weight is 570 g/mol. The van der Waals surface area contributed by atoms with E-state index in [2.05, 4.69) is 30.9 Å². The fourth-order valence-corrected chi connectivity index (χ4v) is 3.36. The lowest BCUT2D eigenvalue weighted by Gasteiger charge is -2.25. The molecule has 0 saturated carbocycles. The number of nitrogens with zero attached hydrogens (tertiary/aromatic N) is 2. The SMILES string of the molecule is NC(N)=NCCCC(NC(=O)C(CCC(=O)O)NC(=O)C(Cc1cnc[nH]1)NC(=O)C(N)CCC(=O)O)C(=O)O. The van der Waals surface area contributed by atoms with Gasteiger partial charge in [-0.2, -0.15) is 0 Å². The number of nitrogens with two attached hydrogens (primary N) is 3. The Kier molecular flexibility index (Phi) is 14.1. The Labute approximate surface area is 228 Å². The Morgan fingerprint density at radius 2 is 1.43 bits per heavy atom. The van der Waals surface area contributed by atoms with Crippen molar-refractivity contribution in [1.82, 2.24) is 25.9 Å². The highest BCUT2D eigenvalue weighted by Crippen LogP contribution is 2.06. The number of hydrogen-bond acceptors (Lipinski definition) is 9. The van der Waals surface area contributed by atoms with Gasteiger partial charge in [-0.05, 0) is 25.7 Å². The molecule has 4 unspecified atom stereocenters. The molecule has 1 heterocycles. The van der Waals surface area contributed by atoms with E-state index in [9.17, 15) is 33.9 Å². The van der Waals surface area contributed by atoms with E-state index < -0.39 is 72.6 Å². The molecule has 1 aromatic rings. The van der Waals surface area contributed by atoms with Crippen LogP contribution in [-0.2, 0) is 35.2 Å². The molecule has 222 valence electrons. The number of hydrogen-bond donors (Lipinski definition) is 10. The molecule has 0 fully saturated rings. The smallest absolute Gasteiger partial charge is 0.326 e. The van der Waals surface area contributed by atoms with Crippen LogP contribution in [0.15, 0.2) is 17.5 Å². The van der Waals surface area contributed by atoms with Crippen molar-refractivity contribution in [1.29, 1.82) is 0 Å². The lowest BCUT2D eigenvalue weighted by Crippen LogP contribution is -2.57. The van der Waals surface area contributed by atoms with Gasteiger partial charge in [0.2, 0.25) is 17.7 Å². The van der Waals surface area contributed by atoms with Crippen molar-refractivity contribution in [3.63, 3.8) is 0 Å². The number of aromatic nitrogens is 2. The molecule has 0 bridgehead atoms. The van der Waals surface area contributed by atoms with Crippen molar-refractivity contribution in [2.75, 3.05) is 6.54 Å². The van der Waals surface area contributed by atoms with Crippen molar-refractivity contribution < 1.29 is 44.1 Å². The third kappa shape index (κ3) is 13.2. The number of imidazole rings is 1. The number of H-pyrrole nitrogens is 1. The molecule has 0 aliphatic heterocycles. The van der Waals surface area contributed by atoms with Crippen LogP contribution in [0.4, 0.5) is 0 Å². The second kappa shape index (κ2) is 17.0. The summed E-state index contributed by atoms with van der Waals surface area (Å²) in [7, 11) is 0. The third-order valence-corrected chi connectivity index (χ3v) is 5.46. The van der Waals surface area contributed by atoms with Gasteiger partial charge in [-0.1, -0.05) is 0 Å². The van der Waals surface area contributed by atoms with Gasteiger partial charge in [0, 0.05) is 37.7 Å². The molecule has 0 saturated heterocycles. The molecular weight excluding hydrogens is 534 g/mol. The monoisotopic (exact) mass is 569 g/mol. The number of nitrogens with one attached hydrogen (secondary N) is 4. The van der Waals surface area contributed by atoms with Crippen LogP contribution >= 0.6 is 0 Å². The third-order valence-electron chi connectivity index (χ3n) is 5.46. The summed E-state index contributed by atoms with van der Waals surface area (Å²) in [6.45, 7) is 0.102. The van der Waals surface area contributed by atoms with Crippen molar-refractivity contribution in [3.8, 4) is 0 Å². The average Bonchev–Trinajstić information content (AvgIpc) is 3.38. The first-order valence-electron chi connectivity index (χ1n) is 12.2. The first-order valence-corrected chi connectivity index (χ1v) is 12.2. The summed E-state index contributed by atoms with van der Waals surface area (Å²) in [6.07, 6.45) is 1.17. The number of aromatic amines is 1. The maximum Gasteiger partial charge on any atom is 0.326 e. The largest absolute Gasteiger partial charge is 0.481 e. The van der Waals surface area contributed by atoms with E-state index >= 15 is 0 Å². The highest BCUT2D eigenvalue weighted by Gasteiger charge is 2.31. The predicted molar refractivity (Wildman–Crippen MR) is 137 cm³/mol. The Hall–Kier alpha value is -4.74. The zero-order valence-electron chi connectivity index (χ0n) is 21.5. The summed E-state index contributed by atoms with van der Waals surface area (Å²) in [5.41, 5.74) is 16.6. The van der Waals surface area contributed by atoms with E-state index in [1.807, 2.05) is 0 Å². The van der Waals surface area contributed by atoms with Crippen LogP contribution in [0.5, 0.6) is 0 Å². The van der Waals surface area contributed by atoms with Crippen LogP contribution in [0.1, 0.15) is 44.2 Å². The summed E-state index contributed by atoms with van der Waals surface area (Å²) < 4.78 is 0. The van der Waals surface area contributed by atoms with E-state index in [0.29, 0.717) is 5.69 Å². The van der Waals surface area contributed by atoms with E-state index in [4.69, 9.17) is 27.4 Å². The normalized spacial score (nSPS) is 13.6. The number of carbonyl (C=O) groups excluding carboxylic acids is 3. The summed E-state index contributed by atoms with van der Waals surface area (Å²) in [6, 6.07) is -5.46. The van der Waals surface area contributed by atoms with Gasteiger partial charge < -0.3 is 53.5 Å². The molecule has 0 aromatic carbocycles. The van der Waals surface area contributed by atoms with Gasteiger partial charge >= 0.3 is 17.9 Å². The fraction of sp³-hybridized carbons (Fsp3) is 0.545.